The van der Waals surface area contributed by atoms with E-state index in [0.717, 1.165) is 5.82 Å². The summed E-state index contributed by atoms with van der Waals surface area (Å²) in [7, 11) is 1.88. The Balaban J connectivity index is 2.58. The number of nitrogens with zero attached hydrogens (tertiary/aromatic N) is 3. The molecule has 0 radical (unpaired) electrons. The first-order chi connectivity index (χ1) is 5.61. The number of anilines is 1. The van der Waals surface area contributed by atoms with E-state index in [2.05, 4.69) is 36.4 Å². The van der Waals surface area contributed by atoms with E-state index >= 15 is 0 Å². The van der Waals surface area contributed by atoms with Crippen LogP contribution in [-0.2, 0) is 7.05 Å². The summed E-state index contributed by atoms with van der Waals surface area (Å²) in [5.74, 6) is 1.58. The van der Waals surface area contributed by atoms with E-state index in [1.54, 1.807) is 10.9 Å². The largest absolute Gasteiger partial charge is 0.366 e. The highest BCUT2D eigenvalue weighted by atomic mass is 15.4. The molecule has 0 saturated heterocycles. The molecule has 0 aromatic carbocycles. The Morgan fingerprint density at radius 3 is 2.50 bits per heavy atom. The van der Waals surface area contributed by atoms with Crippen LogP contribution in [0.1, 0.15) is 20.8 Å². The molecule has 0 spiro atoms. The summed E-state index contributed by atoms with van der Waals surface area (Å²) in [6.45, 7) is 6.51. The van der Waals surface area contributed by atoms with Crippen molar-refractivity contribution in [2.24, 2.45) is 13.0 Å². The predicted molar refractivity (Wildman–Crippen MR) is 48.9 cm³/mol. The molecule has 4 nitrogen and oxygen atoms in total. The Morgan fingerprint density at radius 2 is 2.08 bits per heavy atom. The summed E-state index contributed by atoms with van der Waals surface area (Å²) in [6.07, 6.45) is 1.74. The Labute approximate surface area is 73.0 Å². The molecule has 0 fully saturated rings. The van der Waals surface area contributed by atoms with Gasteiger partial charge in [-0.3, -0.25) is 0 Å². The zero-order valence-electron chi connectivity index (χ0n) is 8.07. The lowest BCUT2D eigenvalue weighted by atomic mass is 10.1. The minimum absolute atomic E-state index is 0.446. The van der Waals surface area contributed by atoms with Crippen LogP contribution in [0.5, 0.6) is 0 Å². The first-order valence-corrected chi connectivity index (χ1v) is 4.22. The van der Waals surface area contributed by atoms with Gasteiger partial charge in [-0.05, 0) is 12.8 Å². The van der Waals surface area contributed by atoms with E-state index < -0.39 is 0 Å². The van der Waals surface area contributed by atoms with Gasteiger partial charge in [0.1, 0.15) is 5.82 Å². The zero-order valence-corrected chi connectivity index (χ0v) is 8.07. The molecular weight excluding hydrogens is 152 g/mol. The van der Waals surface area contributed by atoms with Crippen molar-refractivity contribution >= 4 is 5.82 Å². The van der Waals surface area contributed by atoms with Crippen molar-refractivity contribution < 1.29 is 0 Å². The predicted octanol–water partition coefficient (Wildman–Crippen LogP) is 1.27. The molecule has 1 heterocycles. The lowest BCUT2D eigenvalue weighted by molar-refractivity contribution is 0.553. The van der Waals surface area contributed by atoms with Crippen LogP contribution in [0.3, 0.4) is 0 Å². The van der Waals surface area contributed by atoms with Crippen molar-refractivity contribution in [3.8, 4) is 0 Å². The van der Waals surface area contributed by atoms with Gasteiger partial charge in [-0.25, -0.2) is 4.68 Å². The van der Waals surface area contributed by atoms with E-state index in [1.807, 2.05) is 7.05 Å². The molecule has 0 amide bonds. The highest BCUT2D eigenvalue weighted by molar-refractivity contribution is 5.31. The number of aryl methyl sites for hydroxylation is 1. The van der Waals surface area contributed by atoms with Crippen LogP contribution in [0.2, 0.25) is 0 Å². The zero-order chi connectivity index (χ0) is 9.14. The summed E-state index contributed by atoms with van der Waals surface area (Å²) in [6, 6.07) is 0.446. The smallest absolute Gasteiger partial charge is 0.144 e. The SMILES string of the molecule is CC(C)C(C)Nc1cnnn1C. The standard InChI is InChI=1S/C8H16N4/c1-6(2)7(3)10-8-5-9-11-12(8)4/h5-7,10H,1-4H3. The molecule has 0 aliphatic heterocycles. The minimum atomic E-state index is 0.446. The highest BCUT2D eigenvalue weighted by Crippen LogP contribution is 2.08. The quantitative estimate of drug-likeness (QED) is 0.739. The fraction of sp³-hybridized carbons (Fsp3) is 0.750. The maximum atomic E-state index is 3.83. The third kappa shape index (κ3) is 1.96. The van der Waals surface area contributed by atoms with E-state index in [4.69, 9.17) is 0 Å². The molecule has 0 aliphatic carbocycles. The van der Waals surface area contributed by atoms with Crippen LogP contribution in [0.25, 0.3) is 0 Å². The molecule has 0 saturated carbocycles. The van der Waals surface area contributed by atoms with Gasteiger partial charge in [-0.1, -0.05) is 19.1 Å². The van der Waals surface area contributed by atoms with E-state index in [9.17, 15) is 0 Å². The molecule has 0 bridgehead atoms. The molecule has 1 atom stereocenters. The molecular formula is C8H16N4. The number of hydrogen-bond donors (Lipinski definition) is 1. The Morgan fingerprint density at radius 1 is 1.42 bits per heavy atom. The topological polar surface area (TPSA) is 42.7 Å². The molecule has 1 unspecified atom stereocenters. The lowest BCUT2D eigenvalue weighted by Gasteiger charge is -2.17. The summed E-state index contributed by atoms with van der Waals surface area (Å²) >= 11 is 0. The summed E-state index contributed by atoms with van der Waals surface area (Å²) in [5.41, 5.74) is 0. The van der Waals surface area contributed by atoms with Gasteiger partial charge in [0, 0.05) is 13.1 Å². The van der Waals surface area contributed by atoms with Gasteiger partial charge < -0.3 is 5.32 Å². The molecule has 1 rings (SSSR count). The summed E-state index contributed by atoms with van der Waals surface area (Å²) < 4.78 is 1.74. The average Bonchev–Trinajstić information content (AvgIpc) is 2.36. The van der Waals surface area contributed by atoms with Crippen LogP contribution in [0.15, 0.2) is 6.20 Å². The third-order valence-corrected chi connectivity index (χ3v) is 2.09. The fourth-order valence-corrected chi connectivity index (χ4v) is 0.820. The number of hydrogen-bond acceptors (Lipinski definition) is 3. The fourth-order valence-electron chi connectivity index (χ4n) is 0.820. The van der Waals surface area contributed by atoms with Crippen molar-refractivity contribution in [3.05, 3.63) is 6.20 Å². The van der Waals surface area contributed by atoms with Crippen LogP contribution in [0, 0.1) is 5.92 Å². The second-order valence-corrected chi connectivity index (χ2v) is 3.42. The van der Waals surface area contributed by atoms with Crippen molar-refractivity contribution in [3.63, 3.8) is 0 Å². The maximum Gasteiger partial charge on any atom is 0.144 e. The van der Waals surface area contributed by atoms with Gasteiger partial charge in [0.2, 0.25) is 0 Å². The Kier molecular flexibility index (Phi) is 2.68. The molecule has 0 aliphatic rings. The van der Waals surface area contributed by atoms with Crippen LogP contribution in [0.4, 0.5) is 5.82 Å². The van der Waals surface area contributed by atoms with Gasteiger partial charge in [0.05, 0.1) is 6.20 Å². The van der Waals surface area contributed by atoms with E-state index in [0.29, 0.717) is 12.0 Å². The second-order valence-electron chi connectivity index (χ2n) is 3.42. The third-order valence-electron chi connectivity index (χ3n) is 2.09. The lowest BCUT2D eigenvalue weighted by Crippen LogP contribution is -2.22. The van der Waals surface area contributed by atoms with Crippen LogP contribution < -0.4 is 5.32 Å². The normalized spacial score (nSPS) is 13.4. The summed E-state index contributed by atoms with van der Waals surface area (Å²) in [5, 5.41) is 10.9. The van der Waals surface area contributed by atoms with Crippen molar-refractivity contribution in [1.29, 1.82) is 0 Å². The minimum Gasteiger partial charge on any atom is -0.366 e. The molecule has 1 aromatic heterocycles. The van der Waals surface area contributed by atoms with Crippen molar-refractivity contribution in [2.75, 3.05) is 5.32 Å². The number of rotatable bonds is 3. The highest BCUT2D eigenvalue weighted by Gasteiger charge is 2.08. The Bertz CT molecular complexity index is 241. The first-order valence-electron chi connectivity index (χ1n) is 4.22. The number of aromatic nitrogens is 3. The van der Waals surface area contributed by atoms with Gasteiger partial charge in [-0.2, -0.15) is 0 Å². The number of nitrogens with one attached hydrogen (secondary N) is 1. The van der Waals surface area contributed by atoms with Crippen molar-refractivity contribution in [2.45, 2.75) is 26.8 Å². The summed E-state index contributed by atoms with van der Waals surface area (Å²) in [4.78, 5) is 0. The van der Waals surface area contributed by atoms with Crippen LogP contribution in [-0.4, -0.2) is 21.0 Å². The molecule has 68 valence electrons. The van der Waals surface area contributed by atoms with Gasteiger partial charge in [0.15, 0.2) is 0 Å². The average molecular weight is 168 g/mol. The monoisotopic (exact) mass is 168 g/mol. The second kappa shape index (κ2) is 3.56. The molecule has 1 aromatic rings. The Hall–Kier alpha value is -1.06. The molecule has 1 N–H and O–H groups in total. The van der Waals surface area contributed by atoms with E-state index in [1.165, 1.54) is 0 Å². The van der Waals surface area contributed by atoms with Crippen molar-refractivity contribution in [1.82, 2.24) is 15.0 Å². The molecule has 12 heavy (non-hydrogen) atoms. The van der Waals surface area contributed by atoms with Gasteiger partial charge in [-0.15, -0.1) is 5.10 Å². The van der Waals surface area contributed by atoms with Crippen LogP contribution >= 0.6 is 0 Å². The maximum absolute atomic E-state index is 3.83. The van der Waals surface area contributed by atoms with E-state index in [-0.39, 0.29) is 0 Å². The van der Waals surface area contributed by atoms with Gasteiger partial charge in [0.25, 0.3) is 0 Å². The molecule has 4 heteroatoms. The first kappa shape index (κ1) is 9.03. The van der Waals surface area contributed by atoms with Gasteiger partial charge >= 0.3 is 0 Å².